The number of esters is 1. The van der Waals surface area contributed by atoms with Crippen LogP contribution in [0, 0.1) is 40.9 Å². The van der Waals surface area contributed by atoms with E-state index >= 15 is 0 Å². The minimum Gasteiger partial charge on any atom is -0.465 e. The maximum Gasteiger partial charge on any atom is 0.312 e. The van der Waals surface area contributed by atoms with Crippen LogP contribution in [0.1, 0.15) is 32.1 Å². The third-order valence-corrected chi connectivity index (χ3v) is 7.27. The van der Waals surface area contributed by atoms with Gasteiger partial charge in [-0.05, 0) is 67.6 Å². The summed E-state index contributed by atoms with van der Waals surface area (Å²) >= 11 is 0. The van der Waals surface area contributed by atoms with Gasteiger partial charge in [-0.3, -0.25) is 4.79 Å². The number of ether oxygens (including phenoxy) is 1. The Morgan fingerprint density at radius 2 is 2.06 bits per heavy atom. The first-order valence-corrected chi connectivity index (χ1v) is 7.63. The monoisotopic (exact) mass is 247 g/mol. The molecule has 4 aliphatic carbocycles. The molecule has 1 aliphatic heterocycles. The van der Waals surface area contributed by atoms with Gasteiger partial charge in [0.05, 0.1) is 12.0 Å². The summed E-state index contributed by atoms with van der Waals surface area (Å²) in [6.07, 6.45) is 6.03. The van der Waals surface area contributed by atoms with E-state index in [4.69, 9.17) is 10.5 Å². The lowest BCUT2D eigenvalue weighted by Gasteiger charge is -2.43. The maximum absolute atomic E-state index is 12.2. The van der Waals surface area contributed by atoms with Gasteiger partial charge in [0.2, 0.25) is 0 Å². The van der Waals surface area contributed by atoms with Gasteiger partial charge in [-0.2, -0.15) is 0 Å². The lowest BCUT2D eigenvalue weighted by Crippen LogP contribution is -2.46. The highest BCUT2D eigenvalue weighted by atomic mass is 16.5. The normalized spacial score (nSPS) is 63.8. The molecule has 0 aromatic rings. The van der Waals surface area contributed by atoms with Gasteiger partial charge < -0.3 is 10.5 Å². The van der Waals surface area contributed by atoms with Crippen molar-refractivity contribution in [3.63, 3.8) is 0 Å². The van der Waals surface area contributed by atoms with Crippen LogP contribution in [0.15, 0.2) is 0 Å². The number of rotatable bonds is 0. The van der Waals surface area contributed by atoms with Crippen LogP contribution >= 0.6 is 0 Å². The third-order valence-electron chi connectivity index (χ3n) is 7.27. The first kappa shape index (κ1) is 10.2. The Morgan fingerprint density at radius 3 is 2.83 bits per heavy atom. The quantitative estimate of drug-likeness (QED) is 0.522. The molecule has 6 unspecified atom stereocenters. The zero-order valence-electron chi connectivity index (χ0n) is 10.7. The second-order valence-corrected chi connectivity index (χ2v) is 7.56. The van der Waals surface area contributed by atoms with Gasteiger partial charge in [-0.1, -0.05) is 0 Å². The van der Waals surface area contributed by atoms with Crippen molar-refractivity contribution in [2.75, 3.05) is 6.61 Å². The SMILES string of the molecule is N[C@@H]1CC2C[C@@H]1C1C2C2CC1C1(CCOC1=O)C2. The molecule has 0 amide bonds. The molecule has 1 heterocycles. The molecule has 0 aromatic carbocycles. The van der Waals surface area contributed by atoms with Crippen LogP contribution in [0.2, 0.25) is 0 Å². The second-order valence-electron chi connectivity index (χ2n) is 7.56. The minimum atomic E-state index is -0.0734. The minimum absolute atomic E-state index is 0.0734. The Kier molecular flexibility index (Phi) is 1.68. The van der Waals surface area contributed by atoms with Crippen LogP contribution < -0.4 is 5.73 Å². The van der Waals surface area contributed by atoms with Crippen molar-refractivity contribution in [1.82, 2.24) is 0 Å². The maximum atomic E-state index is 12.2. The molecule has 1 saturated heterocycles. The summed E-state index contributed by atoms with van der Waals surface area (Å²) in [7, 11) is 0. The van der Waals surface area contributed by atoms with E-state index < -0.39 is 0 Å². The highest BCUT2D eigenvalue weighted by molar-refractivity contribution is 5.80. The van der Waals surface area contributed by atoms with E-state index in [9.17, 15) is 4.79 Å². The molecule has 1 spiro atoms. The van der Waals surface area contributed by atoms with Crippen molar-refractivity contribution in [3.8, 4) is 0 Å². The molecule has 4 bridgehead atoms. The smallest absolute Gasteiger partial charge is 0.312 e. The third kappa shape index (κ3) is 0.910. The molecule has 4 saturated carbocycles. The van der Waals surface area contributed by atoms with E-state index in [0.29, 0.717) is 18.6 Å². The molecular formula is C15H21NO2. The highest BCUT2D eigenvalue weighted by Crippen LogP contribution is 2.73. The first-order chi connectivity index (χ1) is 8.71. The zero-order valence-corrected chi connectivity index (χ0v) is 10.7. The van der Waals surface area contributed by atoms with Gasteiger partial charge in [0.1, 0.15) is 0 Å². The largest absolute Gasteiger partial charge is 0.465 e. The number of carbonyl (C=O) groups excluding carboxylic acids is 1. The van der Waals surface area contributed by atoms with Gasteiger partial charge in [-0.25, -0.2) is 0 Å². The second kappa shape index (κ2) is 2.95. The summed E-state index contributed by atoms with van der Waals surface area (Å²) in [4.78, 5) is 12.2. The molecule has 2 N–H and O–H groups in total. The predicted molar refractivity (Wildman–Crippen MR) is 65.4 cm³/mol. The number of carbonyl (C=O) groups is 1. The average Bonchev–Trinajstić information content (AvgIpc) is 3.05. The van der Waals surface area contributed by atoms with Crippen molar-refractivity contribution in [1.29, 1.82) is 0 Å². The Labute approximate surface area is 107 Å². The summed E-state index contributed by atoms with van der Waals surface area (Å²) in [5, 5.41) is 0. The fraction of sp³-hybridized carbons (Fsp3) is 0.933. The Hall–Kier alpha value is -0.570. The topological polar surface area (TPSA) is 52.3 Å². The lowest BCUT2D eigenvalue weighted by molar-refractivity contribution is -0.151. The van der Waals surface area contributed by atoms with Crippen LogP contribution in [-0.2, 0) is 9.53 Å². The molecule has 0 aromatic heterocycles. The van der Waals surface area contributed by atoms with Gasteiger partial charge in [0, 0.05) is 6.04 Å². The summed E-state index contributed by atoms with van der Waals surface area (Å²) in [5.74, 6) is 4.85. The van der Waals surface area contributed by atoms with Crippen LogP contribution in [-0.4, -0.2) is 18.6 Å². The van der Waals surface area contributed by atoms with E-state index in [0.717, 1.165) is 42.4 Å². The van der Waals surface area contributed by atoms with E-state index in [1.807, 2.05) is 0 Å². The Bertz CT molecular complexity index is 436. The van der Waals surface area contributed by atoms with Crippen LogP contribution in [0.25, 0.3) is 0 Å². The lowest BCUT2D eigenvalue weighted by atomic mass is 9.60. The molecule has 18 heavy (non-hydrogen) atoms. The number of cyclic esters (lactones) is 1. The highest BCUT2D eigenvalue weighted by Gasteiger charge is 2.71. The fourth-order valence-corrected chi connectivity index (χ4v) is 6.93. The molecule has 5 aliphatic rings. The van der Waals surface area contributed by atoms with Gasteiger partial charge in [-0.15, -0.1) is 0 Å². The van der Waals surface area contributed by atoms with Crippen molar-refractivity contribution in [2.24, 2.45) is 46.7 Å². The number of fused-ring (bicyclic) bond motifs is 10. The predicted octanol–water partition coefficient (Wildman–Crippen LogP) is 1.56. The van der Waals surface area contributed by atoms with Crippen LogP contribution in [0.4, 0.5) is 0 Å². The molecule has 8 atom stereocenters. The summed E-state index contributed by atoms with van der Waals surface area (Å²) in [5.41, 5.74) is 6.24. The molecule has 3 heteroatoms. The molecule has 5 rings (SSSR count). The number of hydrogen-bond acceptors (Lipinski definition) is 3. The van der Waals surface area contributed by atoms with Crippen LogP contribution in [0.5, 0.6) is 0 Å². The molecule has 3 nitrogen and oxygen atoms in total. The first-order valence-electron chi connectivity index (χ1n) is 7.63. The number of hydrogen-bond donors (Lipinski definition) is 1. The van der Waals surface area contributed by atoms with Crippen molar-refractivity contribution < 1.29 is 9.53 Å². The van der Waals surface area contributed by atoms with Crippen molar-refractivity contribution in [3.05, 3.63) is 0 Å². The molecule has 98 valence electrons. The van der Waals surface area contributed by atoms with Gasteiger partial charge in [0.15, 0.2) is 0 Å². The number of nitrogens with two attached hydrogens (primary N) is 1. The Morgan fingerprint density at radius 1 is 1.17 bits per heavy atom. The fourth-order valence-electron chi connectivity index (χ4n) is 6.93. The molecule has 0 radical (unpaired) electrons. The van der Waals surface area contributed by atoms with E-state index in [1.165, 1.54) is 19.3 Å². The van der Waals surface area contributed by atoms with Gasteiger partial charge >= 0.3 is 5.97 Å². The van der Waals surface area contributed by atoms with E-state index in [-0.39, 0.29) is 11.4 Å². The van der Waals surface area contributed by atoms with Crippen molar-refractivity contribution >= 4 is 5.97 Å². The Balaban J connectivity index is 1.57. The summed E-state index contributed by atoms with van der Waals surface area (Å²) in [6, 6.07) is 0.421. The van der Waals surface area contributed by atoms with Crippen molar-refractivity contribution in [2.45, 2.75) is 38.1 Å². The van der Waals surface area contributed by atoms with Gasteiger partial charge in [0.25, 0.3) is 0 Å². The van der Waals surface area contributed by atoms with E-state index in [2.05, 4.69) is 0 Å². The zero-order chi connectivity index (χ0) is 12.1. The summed E-state index contributed by atoms with van der Waals surface area (Å²) < 4.78 is 5.33. The standard InChI is InChI=1S/C15H21NO2/c16-11-5-7-3-9(11)13-10-4-8(12(7)13)6-15(10)1-2-18-14(15)17/h7-13H,1-6,16H2/t7?,8?,9-,10?,11+,12?,13?,15?/m0/s1. The molecular weight excluding hydrogens is 226 g/mol. The van der Waals surface area contributed by atoms with E-state index in [1.54, 1.807) is 0 Å². The van der Waals surface area contributed by atoms with Crippen LogP contribution in [0.3, 0.4) is 0 Å². The molecule has 5 fully saturated rings. The summed E-state index contributed by atoms with van der Waals surface area (Å²) in [6.45, 7) is 0.666. The average molecular weight is 247 g/mol.